The van der Waals surface area contributed by atoms with Crippen molar-refractivity contribution < 1.29 is 4.79 Å². The minimum Gasteiger partial charge on any atom is -0.398 e. The van der Waals surface area contributed by atoms with Crippen LogP contribution in [-0.2, 0) is 0 Å². The molecular formula is C9H11NOS. The first-order valence-corrected chi connectivity index (χ1v) is 4.21. The second-order valence-electron chi connectivity index (χ2n) is 2.63. The molecule has 0 aliphatic carbocycles. The zero-order valence-corrected chi connectivity index (χ0v) is 7.71. The molecular weight excluding hydrogens is 170 g/mol. The molecule has 64 valence electrons. The fourth-order valence-corrected chi connectivity index (χ4v) is 1.09. The maximum atomic E-state index is 11.4. The zero-order valence-electron chi connectivity index (χ0n) is 6.82. The molecule has 0 fully saturated rings. The normalized spacial score (nSPS) is 12.5. The van der Waals surface area contributed by atoms with Crippen LogP contribution in [0.25, 0.3) is 0 Å². The van der Waals surface area contributed by atoms with Crippen LogP contribution in [0.4, 0.5) is 5.69 Å². The topological polar surface area (TPSA) is 43.1 Å². The average molecular weight is 181 g/mol. The lowest BCUT2D eigenvalue weighted by atomic mass is 10.1. The highest BCUT2D eigenvalue weighted by Crippen LogP contribution is 2.14. The molecule has 0 aliphatic rings. The molecule has 0 bridgehead atoms. The number of hydrogen-bond donors (Lipinski definition) is 2. The maximum Gasteiger partial charge on any atom is 0.177 e. The summed E-state index contributed by atoms with van der Waals surface area (Å²) in [5, 5.41) is -0.297. The van der Waals surface area contributed by atoms with Crippen molar-refractivity contribution in [1.82, 2.24) is 0 Å². The van der Waals surface area contributed by atoms with Gasteiger partial charge in [0.05, 0.1) is 5.25 Å². The van der Waals surface area contributed by atoms with E-state index >= 15 is 0 Å². The monoisotopic (exact) mass is 181 g/mol. The van der Waals surface area contributed by atoms with Gasteiger partial charge in [-0.3, -0.25) is 4.79 Å². The third-order valence-electron chi connectivity index (χ3n) is 1.61. The van der Waals surface area contributed by atoms with E-state index in [4.69, 9.17) is 5.73 Å². The lowest BCUT2D eigenvalue weighted by Gasteiger charge is -2.05. The Kier molecular flexibility index (Phi) is 2.76. The van der Waals surface area contributed by atoms with Gasteiger partial charge in [-0.1, -0.05) is 12.1 Å². The summed E-state index contributed by atoms with van der Waals surface area (Å²) in [5.41, 5.74) is 6.68. The fraction of sp³-hybridized carbons (Fsp3) is 0.222. The first-order valence-electron chi connectivity index (χ1n) is 3.69. The van der Waals surface area contributed by atoms with Crippen molar-refractivity contribution in [2.75, 3.05) is 5.73 Å². The molecule has 0 amide bonds. The highest BCUT2D eigenvalue weighted by molar-refractivity contribution is 7.81. The second kappa shape index (κ2) is 3.63. The minimum absolute atomic E-state index is 0.0311. The number of ketones is 1. The van der Waals surface area contributed by atoms with Gasteiger partial charge in [-0.05, 0) is 19.1 Å². The number of Topliss-reactive ketones (excluding diaryl/α,β-unsaturated/α-hetero) is 1. The summed E-state index contributed by atoms with van der Waals surface area (Å²) in [5.74, 6) is -0.0311. The summed E-state index contributed by atoms with van der Waals surface area (Å²) < 4.78 is 0. The standard InChI is InChI=1S/C9H11NOS/c1-6(12)9(11)7-4-2-3-5-8(7)10/h2-6,12H,10H2,1H3. The van der Waals surface area contributed by atoms with Gasteiger partial charge in [0.1, 0.15) is 0 Å². The van der Waals surface area contributed by atoms with E-state index in [0.29, 0.717) is 11.3 Å². The highest BCUT2D eigenvalue weighted by Gasteiger charge is 2.12. The van der Waals surface area contributed by atoms with Gasteiger partial charge < -0.3 is 5.73 Å². The summed E-state index contributed by atoms with van der Waals surface area (Å²) in [6.07, 6.45) is 0. The third-order valence-corrected chi connectivity index (χ3v) is 1.84. The summed E-state index contributed by atoms with van der Waals surface area (Å²) in [4.78, 5) is 11.4. The molecule has 0 saturated heterocycles. The highest BCUT2D eigenvalue weighted by atomic mass is 32.1. The zero-order chi connectivity index (χ0) is 9.14. The number of thiol groups is 1. The van der Waals surface area contributed by atoms with E-state index in [1.54, 1.807) is 31.2 Å². The predicted molar refractivity (Wildman–Crippen MR) is 53.6 cm³/mol. The van der Waals surface area contributed by atoms with E-state index in [-0.39, 0.29) is 11.0 Å². The third kappa shape index (κ3) is 1.80. The van der Waals surface area contributed by atoms with Crippen LogP contribution in [0.1, 0.15) is 17.3 Å². The lowest BCUT2D eigenvalue weighted by molar-refractivity contribution is 0.0995. The Labute approximate surface area is 77.2 Å². The minimum atomic E-state index is -0.297. The maximum absolute atomic E-state index is 11.4. The Bertz CT molecular complexity index is 296. The van der Waals surface area contributed by atoms with Crippen LogP contribution < -0.4 is 5.73 Å². The van der Waals surface area contributed by atoms with Crippen LogP contribution in [0.3, 0.4) is 0 Å². The number of benzene rings is 1. The molecule has 0 aliphatic heterocycles. The quantitative estimate of drug-likeness (QED) is 0.415. The molecule has 0 spiro atoms. The van der Waals surface area contributed by atoms with E-state index in [2.05, 4.69) is 12.6 Å². The Morgan fingerprint density at radius 3 is 2.58 bits per heavy atom. The van der Waals surface area contributed by atoms with Gasteiger partial charge >= 0.3 is 0 Å². The Balaban J connectivity index is 3.03. The van der Waals surface area contributed by atoms with Crippen LogP contribution in [0.5, 0.6) is 0 Å². The molecule has 2 N–H and O–H groups in total. The van der Waals surface area contributed by atoms with Crippen LogP contribution in [0.15, 0.2) is 24.3 Å². The first-order chi connectivity index (χ1) is 5.63. The molecule has 1 aromatic carbocycles. The van der Waals surface area contributed by atoms with Crippen LogP contribution in [0.2, 0.25) is 0 Å². The molecule has 0 heterocycles. The van der Waals surface area contributed by atoms with E-state index in [1.807, 2.05) is 0 Å². The summed E-state index contributed by atoms with van der Waals surface area (Å²) >= 11 is 4.05. The van der Waals surface area contributed by atoms with Gasteiger partial charge in [0, 0.05) is 11.3 Å². The van der Waals surface area contributed by atoms with Crippen molar-refractivity contribution in [3.05, 3.63) is 29.8 Å². The van der Waals surface area contributed by atoms with Crippen LogP contribution in [0, 0.1) is 0 Å². The molecule has 2 nitrogen and oxygen atoms in total. The largest absolute Gasteiger partial charge is 0.398 e. The molecule has 3 heteroatoms. The molecule has 0 radical (unpaired) electrons. The molecule has 1 unspecified atom stereocenters. The van der Waals surface area contributed by atoms with Gasteiger partial charge in [0.15, 0.2) is 5.78 Å². The van der Waals surface area contributed by atoms with Gasteiger partial charge in [-0.25, -0.2) is 0 Å². The van der Waals surface area contributed by atoms with E-state index in [1.165, 1.54) is 0 Å². The molecule has 1 aromatic rings. The molecule has 1 atom stereocenters. The lowest BCUT2D eigenvalue weighted by Crippen LogP contribution is -2.12. The number of nitrogens with two attached hydrogens (primary N) is 1. The van der Waals surface area contributed by atoms with Gasteiger partial charge in [0.2, 0.25) is 0 Å². The van der Waals surface area contributed by atoms with Crippen molar-refractivity contribution in [1.29, 1.82) is 0 Å². The van der Waals surface area contributed by atoms with Crippen LogP contribution >= 0.6 is 12.6 Å². The molecule has 1 rings (SSSR count). The molecule has 12 heavy (non-hydrogen) atoms. The molecule has 0 aromatic heterocycles. The van der Waals surface area contributed by atoms with E-state index in [0.717, 1.165) is 0 Å². The Hall–Kier alpha value is -0.960. The number of rotatable bonds is 2. The van der Waals surface area contributed by atoms with Gasteiger partial charge in [-0.15, -0.1) is 0 Å². The van der Waals surface area contributed by atoms with Gasteiger partial charge in [-0.2, -0.15) is 12.6 Å². The number of para-hydroxylation sites is 1. The fourth-order valence-electron chi connectivity index (χ4n) is 0.946. The predicted octanol–water partition coefficient (Wildman–Crippen LogP) is 1.77. The SMILES string of the molecule is CC(S)C(=O)c1ccccc1N. The second-order valence-corrected chi connectivity index (χ2v) is 3.40. The van der Waals surface area contributed by atoms with Crippen molar-refractivity contribution >= 4 is 24.1 Å². The smallest absolute Gasteiger partial charge is 0.177 e. The van der Waals surface area contributed by atoms with E-state index < -0.39 is 0 Å². The average Bonchev–Trinajstić information content (AvgIpc) is 2.04. The van der Waals surface area contributed by atoms with Crippen molar-refractivity contribution in [2.24, 2.45) is 0 Å². The van der Waals surface area contributed by atoms with Crippen molar-refractivity contribution in [3.63, 3.8) is 0 Å². The number of anilines is 1. The summed E-state index contributed by atoms with van der Waals surface area (Å²) in [6.45, 7) is 1.73. The van der Waals surface area contributed by atoms with Crippen molar-refractivity contribution in [2.45, 2.75) is 12.2 Å². The van der Waals surface area contributed by atoms with Gasteiger partial charge in [0.25, 0.3) is 0 Å². The summed E-state index contributed by atoms with van der Waals surface area (Å²) in [6, 6.07) is 7.02. The van der Waals surface area contributed by atoms with Crippen molar-refractivity contribution in [3.8, 4) is 0 Å². The number of nitrogen functional groups attached to an aromatic ring is 1. The van der Waals surface area contributed by atoms with E-state index in [9.17, 15) is 4.79 Å². The first kappa shape index (κ1) is 9.13. The number of carbonyl (C=O) groups is 1. The number of hydrogen-bond acceptors (Lipinski definition) is 3. The number of carbonyl (C=O) groups excluding carboxylic acids is 1. The summed E-state index contributed by atoms with van der Waals surface area (Å²) in [7, 11) is 0. The van der Waals surface area contributed by atoms with Crippen LogP contribution in [-0.4, -0.2) is 11.0 Å². The Morgan fingerprint density at radius 2 is 2.08 bits per heavy atom. The molecule has 0 saturated carbocycles. The Morgan fingerprint density at radius 1 is 1.50 bits per heavy atom.